The monoisotopic (exact) mass is 308 g/mol. The van der Waals surface area contributed by atoms with Gasteiger partial charge in [-0.2, -0.15) is 0 Å². The fourth-order valence-electron chi connectivity index (χ4n) is 2.97. The van der Waals surface area contributed by atoms with Crippen molar-refractivity contribution < 1.29 is 4.79 Å². The van der Waals surface area contributed by atoms with E-state index in [4.69, 9.17) is 17.3 Å². The van der Waals surface area contributed by atoms with Crippen molar-refractivity contribution in [3.63, 3.8) is 0 Å². The first-order valence-corrected chi connectivity index (χ1v) is 8.23. The number of hydrogen-bond donors (Lipinski definition) is 1. The van der Waals surface area contributed by atoms with Gasteiger partial charge in [-0.25, -0.2) is 0 Å². The molecule has 0 aromatic heterocycles. The molecule has 1 fully saturated rings. The number of carbonyl (C=O) groups excluding carboxylic acids is 1. The number of halogens is 1. The molecule has 3 nitrogen and oxygen atoms in total. The van der Waals surface area contributed by atoms with Crippen LogP contribution in [0.1, 0.15) is 56.3 Å². The SMILES string of the molecule is CC(C)CCN(C(=O)c1c(N)cccc1Cl)C1CCCC1. The molecule has 1 aromatic rings. The predicted octanol–water partition coefficient (Wildman–Crippen LogP) is 4.35. The maximum Gasteiger partial charge on any atom is 0.257 e. The third kappa shape index (κ3) is 3.91. The molecule has 0 aliphatic heterocycles. The largest absolute Gasteiger partial charge is 0.398 e. The molecule has 0 spiro atoms. The molecule has 116 valence electrons. The van der Waals surface area contributed by atoms with Crippen molar-refractivity contribution in [2.24, 2.45) is 5.92 Å². The lowest BCUT2D eigenvalue weighted by molar-refractivity contribution is 0.0673. The van der Waals surface area contributed by atoms with E-state index in [2.05, 4.69) is 13.8 Å². The number of anilines is 1. The van der Waals surface area contributed by atoms with Gasteiger partial charge in [-0.1, -0.05) is 44.4 Å². The average Bonchev–Trinajstić information content (AvgIpc) is 2.92. The number of rotatable bonds is 5. The zero-order valence-electron chi connectivity index (χ0n) is 12.9. The van der Waals surface area contributed by atoms with Gasteiger partial charge < -0.3 is 10.6 Å². The summed E-state index contributed by atoms with van der Waals surface area (Å²) in [7, 11) is 0. The van der Waals surface area contributed by atoms with Gasteiger partial charge in [0.2, 0.25) is 0 Å². The van der Waals surface area contributed by atoms with E-state index in [0.717, 1.165) is 25.8 Å². The van der Waals surface area contributed by atoms with Crippen LogP contribution < -0.4 is 5.73 Å². The highest BCUT2D eigenvalue weighted by atomic mass is 35.5. The van der Waals surface area contributed by atoms with Gasteiger partial charge in [-0.05, 0) is 37.3 Å². The highest BCUT2D eigenvalue weighted by molar-refractivity contribution is 6.34. The van der Waals surface area contributed by atoms with Gasteiger partial charge in [-0.3, -0.25) is 4.79 Å². The van der Waals surface area contributed by atoms with Crippen molar-refractivity contribution in [2.45, 2.75) is 52.0 Å². The summed E-state index contributed by atoms with van der Waals surface area (Å²) in [6.07, 6.45) is 5.59. The smallest absolute Gasteiger partial charge is 0.257 e. The second kappa shape index (κ2) is 7.17. The van der Waals surface area contributed by atoms with Crippen molar-refractivity contribution in [2.75, 3.05) is 12.3 Å². The molecule has 1 aliphatic carbocycles. The minimum Gasteiger partial charge on any atom is -0.398 e. The van der Waals surface area contributed by atoms with Gasteiger partial charge in [-0.15, -0.1) is 0 Å². The first kappa shape index (κ1) is 16.2. The molecule has 0 unspecified atom stereocenters. The zero-order valence-corrected chi connectivity index (χ0v) is 13.7. The van der Waals surface area contributed by atoms with Crippen LogP contribution >= 0.6 is 11.6 Å². The van der Waals surface area contributed by atoms with E-state index < -0.39 is 0 Å². The molecule has 0 saturated heterocycles. The minimum atomic E-state index is -0.00866. The summed E-state index contributed by atoms with van der Waals surface area (Å²) in [5, 5.41) is 0.451. The van der Waals surface area contributed by atoms with Crippen LogP contribution in [0.3, 0.4) is 0 Å². The van der Waals surface area contributed by atoms with Crippen molar-refractivity contribution in [3.05, 3.63) is 28.8 Å². The summed E-state index contributed by atoms with van der Waals surface area (Å²) >= 11 is 6.21. The summed E-state index contributed by atoms with van der Waals surface area (Å²) < 4.78 is 0. The van der Waals surface area contributed by atoms with Crippen molar-refractivity contribution in [1.82, 2.24) is 4.90 Å². The quantitative estimate of drug-likeness (QED) is 0.822. The number of nitrogens with zero attached hydrogens (tertiary/aromatic N) is 1. The van der Waals surface area contributed by atoms with Gasteiger partial charge in [0.25, 0.3) is 5.91 Å². The van der Waals surface area contributed by atoms with Gasteiger partial charge >= 0.3 is 0 Å². The number of hydrogen-bond acceptors (Lipinski definition) is 2. The molecule has 2 rings (SSSR count). The van der Waals surface area contributed by atoms with Gasteiger partial charge in [0, 0.05) is 18.3 Å². The van der Waals surface area contributed by atoms with Crippen molar-refractivity contribution in [3.8, 4) is 0 Å². The summed E-state index contributed by atoms with van der Waals surface area (Å²) in [4.78, 5) is 15.0. The van der Waals surface area contributed by atoms with E-state index in [9.17, 15) is 4.79 Å². The number of nitrogen functional groups attached to an aromatic ring is 1. The molecular formula is C17H25ClN2O. The van der Waals surface area contributed by atoms with E-state index in [0.29, 0.717) is 28.2 Å². The second-order valence-corrected chi connectivity index (χ2v) is 6.73. The lowest BCUT2D eigenvalue weighted by Crippen LogP contribution is -2.40. The van der Waals surface area contributed by atoms with Gasteiger partial charge in [0.05, 0.1) is 10.6 Å². The van der Waals surface area contributed by atoms with E-state index in [1.807, 2.05) is 4.90 Å². The Morgan fingerprint density at radius 2 is 2.05 bits per heavy atom. The number of amides is 1. The van der Waals surface area contributed by atoms with Crippen molar-refractivity contribution >= 4 is 23.2 Å². The van der Waals surface area contributed by atoms with E-state index in [-0.39, 0.29) is 5.91 Å². The first-order chi connectivity index (χ1) is 10.0. The Hall–Kier alpha value is -1.22. The molecule has 0 radical (unpaired) electrons. The molecule has 2 N–H and O–H groups in total. The third-order valence-electron chi connectivity index (χ3n) is 4.23. The topological polar surface area (TPSA) is 46.3 Å². The fourth-order valence-corrected chi connectivity index (χ4v) is 3.24. The predicted molar refractivity (Wildman–Crippen MR) is 88.6 cm³/mol. The normalized spacial score (nSPS) is 15.6. The van der Waals surface area contributed by atoms with Crippen LogP contribution in [-0.2, 0) is 0 Å². The molecule has 0 heterocycles. The number of benzene rings is 1. The van der Waals surface area contributed by atoms with Crippen LogP contribution in [-0.4, -0.2) is 23.4 Å². The van der Waals surface area contributed by atoms with E-state index >= 15 is 0 Å². The lowest BCUT2D eigenvalue weighted by Gasteiger charge is -2.30. The molecule has 21 heavy (non-hydrogen) atoms. The fraction of sp³-hybridized carbons (Fsp3) is 0.588. The molecule has 1 saturated carbocycles. The highest BCUT2D eigenvalue weighted by Crippen LogP contribution is 2.29. The summed E-state index contributed by atoms with van der Waals surface area (Å²) in [5.74, 6) is 0.566. The third-order valence-corrected chi connectivity index (χ3v) is 4.55. The minimum absolute atomic E-state index is 0.00866. The second-order valence-electron chi connectivity index (χ2n) is 6.32. The molecule has 0 bridgehead atoms. The Morgan fingerprint density at radius 3 is 2.62 bits per heavy atom. The van der Waals surface area contributed by atoms with Crippen LogP contribution in [0.4, 0.5) is 5.69 Å². The van der Waals surface area contributed by atoms with Crippen LogP contribution in [0.2, 0.25) is 5.02 Å². The molecular weight excluding hydrogens is 284 g/mol. The van der Waals surface area contributed by atoms with Crippen molar-refractivity contribution in [1.29, 1.82) is 0 Å². The summed E-state index contributed by atoms with van der Waals surface area (Å²) in [6.45, 7) is 5.15. The zero-order chi connectivity index (χ0) is 15.4. The summed E-state index contributed by atoms with van der Waals surface area (Å²) in [6, 6.07) is 5.60. The number of nitrogens with two attached hydrogens (primary N) is 1. The van der Waals surface area contributed by atoms with Gasteiger partial charge in [0.15, 0.2) is 0 Å². The van der Waals surface area contributed by atoms with Gasteiger partial charge in [0.1, 0.15) is 0 Å². The van der Waals surface area contributed by atoms with E-state index in [1.165, 1.54) is 12.8 Å². The molecule has 4 heteroatoms. The Balaban J connectivity index is 2.24. The Labute approximate surface area is 132 Å². The van der Waals surface area contributed by atoms with Crippen LogP contribution in [0.15, 0.2) is 18.2 Å². The number of carbonyl (C=O) groups is 1. The maximum absolute atomic E-state index is 12.9. The summed E-state index contributed by atoms with van der Waals surface area (Å²) in [5.41, 5.74) is 6.92. The molecule has 0 atom stereocenters. The standard InChI is InChI=1S/C17H25ClN2O/c1-12(2)10-11-20(13-6-3-4-7-13)17(21)16-14(18)8-5-9-15(16)19/h5,8-9,12-13H,3-4,6-7,10-11,19H2,1-2H3. The highest BCUT2D eigenvalue weighted by Gasteiger charge is 2.29. The Bertz CT molecular complexity index is 475. The molecule has 1 amide bonds. The van der Waals surface area contributed by atoms with Crippen LogP contribution in [0.5, 0.6) is 0 Å². The average molecular weight is 309 g/mol. The van der Waals surface area contributed by atoms with Crippen LogP contribution in [0.25, 0.3) is 0 Å². The van der Waals surface area contributed by atoms with E-state index in [1.54, 1.807) is 18.2 Å². The Morgan fingerprint density at radius 1 is 1.38 bits per heavy atom. The van der Waals surface area contributed by atoms with Crippen LogP contribution in [0, 0.1) is 5.92 Å². The lowest BCUT2D eigenvalue weighted by atomic mass is 10.1. The first-order valence-electron chi connectivity index (χ1n) is 7.85. The Kier molecular flexibility index (Phi) is 5.51. The maximum atomic E-state index is 12.9. The molecule has 1 aliphatic rings. The molecule has 1 aromatic carbocycles.